The number of benzene rings is 1. The number of hydrogen-bond donors (Lipinski definition) is 1. The van der Waals surface area contributed by atoms with Crippen LogP contribution in [0.15, 0.2) is 24.3 Å². The number of amides is 1. The Morgan fingerprint density at radius 3 is 2.69 bits per heavy atom. The molecule has 0 unspecified atom stereocenters. The fourth-order valence-corrected chi connectivity index (χ4v) is 1.29. The minimum atomic E-state index is -0.263. The van der Waals surface area contributed by atoms with Crippen molar-refractivity contribution in [3.63, 3.8) is 0 Å². The SMILES string of the molecule is CN(C)C(=O)CCCNc1ccccc1F. The van der Waals surface area contributed by atoms with E-state index in [0.29, 0.717) is 25.1 Å². The molecule has 0 spiro atoms. The van der Waals surface area contributed by atoms with E-state index in [1.165, 1.54) is 6.07 Å². The highest BCUT2D eigenvalue weighted by atomic mass is 19.1. The molecule has 0 saturated carbocycles. The molecule has 0 aliphatic heterocycles. The summed E-state index contributed by atoms with van der Waals surface area (Å²) in [6.07, 6.45) is 1.18. The first-order valence-corrected chi connectivity index (χ1v) is 5.30. The van der Waals surface area contributed by atoms with E-state index in [2.05, 4.69) is 5.32 Å². The number of halogens is 1. The fourth-order valence-electron chi connectivity index (χ4n) is 1.29. The molecule has 0 aromatic heterocycles. The van der Waals surface area contributed by atoms with E-state index in [-0.39, 0.29) is 11.7 Å². The molecule has 1 N–H and O–H groups in total. The third-order valence-corrected chi connectivity index (χ3v) is 2.26. The van der Waals surface area contributed by atoms with Crippen LogP contribution in [-0.4, -0.2) is 31.4 Å². The van der Waals surface area contributed by atoms with Crippen molar-refractivity contribution in [2.75, 3.05) is 26.0 Å². The second-order valence-electron chi connectivity index (χ2n) is 3.80. The number of carbonyl (C=O) groups excluding carboxylic acids is 1. The van der Waals surface area contributed by atoms with E-state index in [4.69, 9.17) is 0 Å². The Hall–Kier alpha value is -1.58. The standard InChI is InChI=1S/C12H17FN2O/c1-15(2)12(16)8-5-9-14-11-7-4-3-6-10(11)13/h3-4,6-7,14H,5,8-9H2,1-2H3. The zero-order valence-corrected chi connectivity index (χ0v) is 9.66. The molecule has 1 aromatic carbocycles. The molecule has 4 heteroatoms. The molecule has 0 atom stereocenters. The summed E-state index contributed by atoms with van der Waals surface area (Å²) in [5.41, 5.74) is 0.486. The van der Waals surface area contributed by atoms with E-state index in [1.54, 1.807) is 37.2 Å². The number of hydrogen-bond acceptors (Lipinski definition) is 2. The quantitative estimate of drug-likeness (QED) is 0.777. The van der Waals surface area contributed by atoms with E-state index < -0.39 is 0 Å². The molecular formula is C12H17FN2O. The van der Waals surface area contributed by atoms with Crippen LogP contribution in [0.1, 0.15) is 12.8 Å². The number of nitrogens with zero attached hydrogens (tertiary/aromatic N) is 1. The molecule has 0 bridgehead atoms. The van der Waals surface area contributed by atoms with Crippen LogP contribution >= 0.6 is 0 Å². The van der Waals surface area contributed by atoms with Gasteiger partial charge in [0.2, 0.25) is 5.91 Å². The molecule has 0 aliphatic rings. The summed E-state index contributed by atoms with van der Waals surface area (Å²) in [4.78, 5) is 12.8. The monoisotopic (exact) mass is 224 g/mol. The predicted molar refractivity (Wildman–Crippen MR) is 62.8 cm³/mol. The lowest BCUT2D eigenvalue weighted by atomic mass is 10.2. The number of rotatable bonds is 5. The Kier molecular flexibility index (Phi) is 4.76. The van der Waals surface area contributed by atoms with Crippen LogP contribution in [-0.2, 0) is 4.79 Å². The summed E-state index contributed by atoms with van der Waals surface area (Å²) in [6, 6.07) is 6.52. The highest BCUT2D eigenvalue weighted by molar-refractivity contribution is 5.75. The summed E-state index contributed by atoms with van der Waals surface area (Å²) in [5.74, 6) is -0.170. The van der Waals surface area contributed by atoms with Gasteiger partial charge in [0.15, 0.2) is 0 Å². The molecule has 3 nitrogen and oxygen atoms in total. The predicted octanol–water partition coefficient (Wildman–Crippen LogP) is 2.11. The summed E-state index contributed by atoms with van der Waals surface area (Å²) in [5, 5.41) is 2.96. The summed E-state index contributed by atoms with van der Waals surface area (Å²) in [6.45, 7) is 0.598. The average molecular weight is 224 g/mol. The smallest absolute Gasteiger partial charge is 0.222 e. The second-order valence-corrected chi connectivity index (χ2v) is 3.80. The first-order chi connectivity index (χ1) is 7.61. The van der Waals surface area contributed by atoms with Gasteiger partial charge in [0.25, 0.3) is 0 Å². The first kappa shape index (κ1) is 12.5. The zero-order chi connectivity index (χ0) is 12.0. The molecule has 0 fully saturated rings. The summed E-state index contributed by atoms with van der Waals surface area (Å²) in [7, 11) is 3.46. The normalized spacial score (nSPS) is 9.94. The van der Waals surface area contributed by atoms with Gasteiger partial charge >= 0.3 is 0 Å². The van der Waals surface area contributed by atoms with E-state index >= 15 is 0 Å². The Morgan fingerprint density at radius 1 is 1.38 bits per heavy atom. The van der Waals surface area contributed by atoms with Gasteiger partial charge in [-0.05, 0) is 18.6 Å². The number of anilines is 1. The molecular weight excluding hydrogens is 207 g/mol. The van der Waals surface area contributed by atoms with Gasteiger partial charge in [0.1, 0.15) is 5.82 Å². The third-order valence-electron chi connectivity index (χ3n) is 2.26. The van der Waals surface area contributed by atoms with E-state index in [0.717, 1.165) is 0 Å². The maximum absolute atomic E-state index is 13.2. The van der Waals surface area contributed by atoms with Crippen molar-refractivity contribution < 1.29 is 9.18 Å². The molecule has 1 amide bonds. The van der Waals surface area contributed by atoms with Crippen LogP contribution in [0.5, 0.6) is 0 Å². The zero-order valence-electron chi connectivity index (χ0n) is 9.66. The van der Waals surface area contributed by atoms with Crippen LogP contribution in [0.25, 0.3) is 0 Å². The Bertz CT molecular complexity index is 353. The van der Waals surface area contributed by atoms with Crippen molar-refractivity contribution in [3.05, 3.63) is 30.1 Å². The highest BCUT2D eigenvalue weighted by Crippen LogP contribution is 2.12. The number of nitrogens with one attached hydrogen (secondary N) is 1. The van der Waals surface area contributed by atoms with Crippen LogP contribution in [0, 0.1) is 5.82 Å². The van der Waals surface area contributed by atoms with E-state index in [1.807, 2.05) is 0 Å². The van der Waals surface area contributed by atoms with Crippen molar-refractivity contribution >= 4 is 11.6 Å². The molecule has 0 aliphatic carbocycles. The fraction of sp³-hybridized carbons (Fsp3) is 0.417. The van der Waals surface area contributed by atoms with Gasteiger partial charge in [-0.3, -0.25) is 4.79 Å². The maximum Gasteiger partial charge on any atom is 0.222 e. The van der Waals surface area contributed by atoms with Crippen LogP contribution in [0.4, 0.5) is 10.1 Å². The first-order valence-electron chi connectivity index (χ1n) is 5.30. The van der Waals surface area contributed by atoms with Crippen LogP contribution < -0.4 is 5.32 Å². The van der Waals surface area contributed by atoms with Crippen molar-refractivity contribution in [1.29, 1.82) is 0 Å². The molecule has 1 rings (SSSR count). The van der Waals surface area contributed by atoms with Gasteiger partial charge < -0.3 is 10.2 Å². The van der Waals surface area contributed by atoms with Crippen molar-refractivity contribution in [2.24, 2.45) is 0 Å². The number of para-hydroxylation sites is 1. The summed E-state index contributed by atoms with van der Waals surface area (Å²) >= 11 is 0. The molecule has 0 saturated heterocycles. The Balaban J connectivity index is 2.26. The van der Waals surface area contributed by atoms with Gasteiger partial charge in [-0.2, -0.15) is 0 Å². The van der Waals surface area contributed by atoms with E-state index in [9.17, 15) is 9.18 Å². The number of carbonyl (C=O) groups is 1. The minimum absolute atomic E-state index is 0.0929. The molecule has 0 heterocycles. The van der Waals surface area contributed by atoms with Gasteiger partial charge in [-0.25, -0.2) is 4.39 Å². The summed E-state index contributed by atoms with van der Waals surface area (Å²) < 4.78 is 13.2. The van der Waals surface area contributed by atoms with Crippen LogP contribution in [0.3, 0.4) is 0 Å². The van der Waals surface area contributed by atoms with Crippen molar-refractivity contribution in [3.8, 4) is 0 Å². The van der Waals surface area contributed by atoms with Gasteiger partial charge in [0, 0.05) is 27.1 Å². The Labute approximate surface area is 95.3 Å². The maximum atomic E-state index is 13.2. The van der Waals surface area contributed by atoms with Crippen molar-refractivity contribution in [2.45, 2.75) is 12.8 Å². The average Bonchev–Trinajstić information content (AvgIpc) is 2.26. The lowest BCUT2D eigenvalue weighted by molar-refractivity contribution is -0.128. The van der Waals surface area contributed by atoms with Gasteiger partial charge in [-0.1, -0.05) is 12.1 Å². The van der Waals surface area contributed by atoms with Crippen LogP contribution in [0.2, 0.25) is 0 Å². The topological polar surface area (TPSA) is 32.3 Å². The largest absolute Gasteiger partial charge is 0.383 e. The molecule has 16 heavy (non-hydrogen) atoms. The van der Waals surface area contributed by atoms with Crippen molar-refractivity contribution in [1.82, 2.24) is 4.90 Å². The lowest BCUT2D eigenvalue weighted by Gasteiger charge is -2.10. The molecule has 1 aromatic rings. The molecule has 0 radical (unpaired) electrons. The Morgan fingerprint density at radius 2 is 2.06 bits per heavy atom. The van der Waals surface area contributed by atoms with Gasteiger partial charge in [-0.15, -0.1) is 0 Å². The second kappa shape index (κ2) is 6.10. The molecule has 88 valence electrons. The minimum Gasteiger partial charge on any atom is -0.383 e. The lowest BCUT2D eigenvalue weighted by Crippen LogP contribution is -2.22. The highest BCUT2D eigenvalue weighted by Gasteiger charge is 2.03. The van der Waals surface area contributed by atoms with Gasteiger partial charge in [0.05, 0.1) is 5.69 Å². The third kappa shape index (κ3) is 3.88.